The molecule has 0 fully saturated rings. The SMILES string of the molecule is Cc1ccc(OCC(C)(C)C(=O)O)cn1. The Morgan fingerprint density at radius 3 is 2.67 bits per heavy atom. The Kier molecular flexibility index (Phi) is 3.29. The van der Waals surface area contributed by atoms with Crippen molar-refractivity contribution in [2.45, 2.75) is 20.8 Å². The number of hydrogen-bond acceptors (Lipinski definition) is 3. The fraction of sp³-hybridized carbons (Fsp3) is 0.455. The molecule has 1 aromatic heterocycles. The topological polar surface area (TPSA) is 59.4 Å². The number of aromatic nitrogens is 1. The molecule has 0 saturated heterocycles. The van der Waals surface area contributed by atoms with E-state index in [1.165, 1.54) is 0 Å². The monoisotopic (exact) mass is 209 g/mol. The van der Waals surface area contributed by atoms with Gasteiger partial charge in [-0.2, -0.15) is 0 Å². The lowest BCUT2D eigenvalue weighted by Gasteiger charge is -2.19. The van der Waals surface area contributed by atoms with Gasteiger partial charge in [-0.1, -0.05) is 0 Å². The Morgan fingerprint density at radius 2 is 2.20 bits per heavy atom. The van der Waals surface area contributed by atoms with Crippen molar-refractivity contribution in [2.75, 3.05) is 6.61 Å². The molecule has 1 rings (SSSR count). The fourth-order valence-electron chi connectivity index (χ4n) is 0.865. The summed E-state index contributed by atoms with van der Waals surface area (Å²) in [5, 5.41) is 8.87. The maximum absolute atomic E-state index is 10.8. The number of nitrogens with zero attached hydrogens (tertiary/aromatic N) is 1. The Morgan fingerprint density at radius 1 is 1.53 bits per heavy atom. The first-order valence-corrected chi connectivity index (χ1v) is 4.71. The van der Waals surface area contributed by atoms with E-state index in [9.17, 15) is 4.79 Å². The number of carbonyl (C=O) groups is 1. The van der Waals surface area contributed by atoms with Crippen molar-refractivity contribution in [1.29, 1.82) is 0 Å². The van der Waals surface area contributed by atoms with Crippen LogP contribution in [0.1, 0.15) is 19.5 Å². The van der Waals surface area contributed by atoms with Crippen LogP contribution < -0.4 is 4.74 Å². The molecule has 0 aromatic carbocycles. The molecule has 1 aromatic rings. The molecule has 0 spiro atoms. The van der Waals surface area contributed by atoms with Crippen LogP contribution in [0.4, 0.5) is 0 Å². The zero-order valence-corrected chi connectivity index (χ0v) is 9.15. The third-order valence-corrected chi connectivity index (χ3v) is 2.06. The number of ether oxygens (including phenoxy) is 1. The molecule has 0 radical (unpaired) electrons. The first-order chi connectivity index (χ1) is 6.92. The smallest absolute Gasteiger partial charge is 0.312 e. The number of rotatable bonds is 4. The van der Waals surface area contributed by atoms with Crippen LogP contribution in [-0.4, -0.2) is 22.7 Å². The number of aliphatic carboxylic acids is 1. The van der Waals surface area contributed by atoms with Gasteiger partial charge in [-0.3, -0.25) is 9.78 Å². The summed E-state index contributed by atoms with van der Waals surface area (Å²) in [6.45, 7) is 5.26. The van der Waals surface area contributed by atoms with Gasteiger partial charge in [-0.05, 0) is 32.9 Å². The number of aryl methyl sites for hydroxylation is 1. The molecule has 4 nitrogen and oxygen atoms in total. The van der Waals surface area contributed by atoms with Gasteiger partial charge in [0.05, 0.1) is 11.6 Å². The standard InChI is InChI=1S/C11H15NO3/c1-8-4-5-9(6-12-8)15-7-11(2,3)10(13)14/h4-6H,7H2,1-3H3,(H,13,14). The molecule has 0 aliphatic carbocycles. The maximum Gasteiger partial charge on any atom is 0.312 e. The van der Waals surface area contributed by atoms with Crippen molar-refractivity contribution in [3.05, 3.63) is 24.0 Å². The van der Waals surface area contributed by atoms with E-state index in [2.05, 4.69) is 4.98 Å². The lowest BCUT2D eigenvalue weighted by atomic mass is 9.95. The molecule has 82 valence electrons. The Labute approximate surface area is 88.9 Å². The quantitative estimate of drug-likeness (QED) is 0.822. The zero-order chi connectivity index (χ0) is 11.5. The third kappa shape index (κ3) is 3.23. The highest BCUT2D eigenvalue weighted by molar-refractivity contribution is 5.73. The minimum atomic E-state index is -0.884. The number of pyridine rings is 1. The van der Waals surface area contributed by atoms with Gasteiger partial charge in [-0.25, -0.2) is 0 Å². The zero-order valence-electron chi connectivity index (χ0n) is 9.15. The minimum Gasteiger partial charge on any atom is -0.491 e. The summed E-state index contributed by atoms with van der Waals surface area (Å²) < 4.78 is 5.34. The second kappa shape index (κ2) is 4.29. The van der Waals surface area contributed by atoms with Gasteiger partial charge in [0.1, 0.15) is 12.4 Å². The van der Waals surface area contributed by atoms with Gasteiger partial charge in [-0.15, -0.1) is 0 Å². The van der Waals surface area contributed by atoms with Gasteiger partial charge in [0.2, 0.25) is 0 Å². The fourth-order valence-corrected chi connectivity index (χ4v) is 0.865. The summed E-state index contributed by atoms with van der Waals surface area (Å²) in [6.07, 6.45) is 1.59. The summed E-state index contributed by atoms with van der Waals surface area (Å²) >= 11 is 0. The molecule has 0 unspecified atom stereocenters. The van der Waals surface area contributed by atoms with E-state index in [1.54, 1.807) is 26.1 Å². The molecule has 15 heavy (non-hydrogen) atoms. The van der Waals surface area contributed by atoms with E-state index in [0.29, 0.717) is 5.75 Å². The van der Waals surface area contributed by atoms with E-state index >= 15 is 0 Å². The molecule has 0 bridgehead atoms. The van der Waals surface area contributed by atoms with Crippen LogP contribution >= 0.6 is 0 Å². The summed E-state index contributed by atoms with van der Waals surface area (Å²) in [6, 6.07) is 3.60. The van der Waals surface area contributed by atoms with Crippen LogP contribution in [0.5, 0.6) is 5.75 Å². The van der Waals surface area contributed by atoms with Crippen molar-refractivity contribution >= 4 is 5.97 Å². The number of carboxylic acids is 1. The lowest BCUT2D eigenvalue weighted by Crippen LogP contribution is -2.30. The van der Waals surface area contributed by atoms with Crippen molar-refractivity contribution in [3.63, 3.8) is 0 Å². The van der Waals surface area contributed by atoms with Crippen LogP contribution in [0.3, 0.4) is 0 Å². The van der Waals surface area contributed by atoms with Crippen LogP contribution in [-0.2, 0) is 4.79 Å². The summed E-state index contributed by atoms with van der Waals surface area (Å²) in [5.41, 5.74) is 0.0186. The van der Waals surface area contributed by atoms with Gasteiger partial charge < -0.3 is 9.84 Å². The highest BCUT2D eigenvalue weighted by atomic mass is 16.5. The van der Waals surface area contributed by atoms with Crippen LogP contribution in [0, 0.1) is 12.3 Å². The van der Waals surface area contributed by atoms with E-state index in [0.717, 1.165) is 5.69 Å². The summed E-state index contributed by atoms with van der Waals surface area (Å²) in [7, 11) is 0. The highest BCUT2D eigenvalue weighted by Gasteiger charge is 2.28. The predicted octanol–water partition coefficient (Wildman–Crippen LogP) is 1.88. The van der Waals surface area contributed by atoms with Crippen molar-refractivity contribution in [2.24, 2.45) is 5.41 Å². The summed E-state index contributed by atoms with van der Waals surface area (Å²) in [4.78, 5) is 14.9. The molecule has 0 aliphatic rings. The Balaban J connectivity index is 2.57. The van der Waals surface area contributed by atoms with Crippen LogP contribution in [0.2, 0.25) is 0 Å². The van der Waals surface area contributed by atoms with Crippen LogP contribution in [0.15, 0.2) is 18.3 Å². The van der Waals surface area contributed by atoms with E-state index in [-0.39, 0.29) is 6.61 Å². The maximum atomic E-state index is 10.8. The first-order valence-electron chi connectivity index (χ1n) is 4.71. The normalized spacial score (nSPS) is 11.1. The molecule has 0 aliphatic heterocycles. The molecule has 1 N–H and O–H groups in total. The molecular formula is C11H15NO3. The Bertz CT molecular complexity index is 343. The predicted molar refractivity (Wildman–Crippen MR) is 55.9 cm³/mol. The van der Waals surface area contributed by atoms with Crippen molar-refractivity contribution in [1.82, 2.24) is 4.98 Å². The van der Waals surface area contributed by atoms with Crippen molar-refractivity contribution in [3.8, 4) is 5.75 Å². The van der Waals surface area contributed by atoms with E-state index in [1.807, 2.05) is 13.0 Å². The lowest BCUT2D eigenvalue weighted by molar-refractivity contribution is -0.148. The summed E-state index contributed by atoms with van der Waals surface area (Å²) in [5.74, 6) is -0.280. The number of carboxylic acid groups (broad SMARTS) is 1. The number of hydrogen-bond donors (Lipinski definition) is 1. The van der Waals surface area contributed by atoms with Gasteiger partial charge >= 0.3 is 5.97 Å². The van der Waals surface area contributed by atoms with E-state index < -0.39 is 11.4 Å². The molecule has 1 heterocycles. The van der Waals surface area contributed by atoms with Crippen molar-refractivity contribution < 1.29 is 14.6 Å². The molecule has 4 heteroatoms. The molecule has 0 atom stereocenters. The average Bonchev–Trinajstić information content (AvgIpc) is 2.17. The largest absolute Gasteiger partial charge is 0.491 e. The highest BCUT2D eigenvalue weighted by Crippen LogP contribution is 2.18. The molecular weight excluding hydrogens is 194 g/mol. The third-order valence-electron chi connectivity index (χ3n) is 2.06. The van der Waals surface area contributed by atoms with Crippen LogP contribution in [0.25, 0.3) is 0 Å². The minimum absolute atomic E-state index is 0.132. The second-order valence-electron chi connectivity index (χ2n) is 4.11. The molecule has 0 saturated carbocycles. The van der Waals surface area contributed by atoms with Gasteiger partial charge in [0, 0.05) is 5.69 Å². The van der Waals surface area contributed by atoms with Gasteiger partial charge in [0.25, 0.3) is 0 Å². The Hall–Kier alpha value is -1.58. The van der Waals surface area contributed by atoms with E-state index in [4.69, 9.17) is 9.84 Å². The first kappa shape index (κ1) is 11.5. The van der Waals surface area contributed by atoms with Gasteiger partial charge in [0.15, 0.2) is 0 Å². The average molecular weight is 209 g/mol. The second-order valence-corrected chi connectivity index (χ2v) is 4.11. The molecule has 0 amide bonds.